The van der Waals surface area contributed by atoms with Crippen molar-refractivity contribution >= 4 is 21.4 Å². The second-order valence-corrected chi connectivity index (χ2v) is 5.94. The predicted molar refractivity (Wildman–Crippen MR) is 62.1 cm³/mol. The highest BCUT2D eigenvalue weighted by Crippen LogP contribution is 2.25. The monoisotopic (exact) mass is 265 g/mol. The zero-order chi connectivity index (χ0) is 12.3. The molecule has 0 aliphatic heterocycles. The third-order valence-corrected chi connectivity index (χ3v) is 4.34. The average Bonchev–Trinajstić information content (AvgIpc) is 2.20. The third kappa shape index (κ3) is 2.93. The number of sulfone groups is 1. The summed E-state index contributed by atoms with van der Waals surface area (Å²) < 4.78 is 36.8. The first-order chi connectivity index (χ1) is 7.38. The van der Waals surface area contributed by atoms with Crippen LogP contribution in [0.2, 0.25) is 5.02 Å². The summed E-state index contributed by atoms with van der Waals surface area (Å²) >= 11 is 5.80. The first kappa shape index (κ1) is 13.4. The molecule has 3 nitrogen and oxygen atoms in total. The molecule has 16 heavy (non-hydrogen) atoms. The Balaban J connectivity index is 3.18. The van der Waals surface area contributed by atoms with Gasteiger partial charge in [0, 0.05) is 6.54 Å². The van der Waals surface area contributed by atoms with E-state index < -0.39 is 15.7 Å². The average molecular weight is 266 g/mol. The molecule has 0 amide bonds. The van der Waals surface area contributed by atoms with Gasteiger partial charge in [0.15, 0.2) is 9.84 Å². The minimum atomic E-state index is -3.53. The fourth-order valence-corrected chi connectivity index (χ4v) is 3.12. The van der Waals surface area contributed by atoms with Crippen LogP contribution in [-0.4, -0.2) is 27.8 Å². The fraction of sp³-hybridized carbons (Fsp3) is 0.400. The molecule has 0 spiro atoms. The molecule has 1 rings (SSSR count). The Hall–Kier alpha value is -0.650. The first-order valence-corrected chi connectivity index (χ1v) is 6.74. The van der Waals surface area contributed by atoms with Crippen LogP contribution in [0.4, 0.5) is 4.39 Å². The van der Waals surface area contributed by atoms with Gasteiger partial charge in [0.1, 0.15) is 5.82 Å². The molecule has 0 fully saturated rings. The number of rotatable bonds is 4. The van der Waals surface area contributed by atoms with Gasteiger partial charge in [-0.1, -0.05) is 11.6 Å². The molecule has 1 N–H and O–H groups in total. The lowest BCUT2D eigenvalue weighted by molar-refractivity contribution is 0.587. The SMILES string of the molecule is CNCCS(=O)(=O)c1cc(F)c(C)cc1Cl. The van der Waals surface area contributed by atoms with E-state index in [9.17, 15) is 12.8 Å². The largest absolute Gasteiger partial charge is 0.319 e. The Morgan fingerprint density at radius 3 is 2.62 bits per heavy atom. The van der Waals surface area contributed by atoms with Gasteiger partial charge in [-0.15, -0.1) is 0 Å². The molecular formula is C10H13ClFNO2S. The van der Waals surface area contributed by atoms with Crippen molar-refractivity contribution in [1.29, 1.82) is 0 Å². The van der Waals surface area contributed by atoms with Crippen LogP contribution >= 0.6 is 11.6 Å². The zero-order valence-corrected chi connectivity index (χ0v) is 10.6. The van der Waals surface area contributed by atoms with Crippen molar-refractivity contribution in [2.24, 2.45) is 0 Å². The topological polar surface area (TPSA) is 46.2 Å². The summed E-state index contributed by atoms with van der Waals surface area (Å²) in [5.74, 6) is -0.668. The smallest absolute Gasteiger partial charge is 0.181 e. The second kappa shape index (κ2) is 5.12. The number of hydrogen-bond donors (Lipinski definition) is 1. The van der Waals surface area contributed by atoms with Crippen LogP contribution in [0.25, 0.3) is 0 Å². The first-order valence-electron chi connectivity index (χ1n) is 4.71. The maximum Gasteiger partial charge on any atom is 0.181 e. The molecule has 0 heterocycles. The second-order valence-electron chi connectivity index (χ2n) is 3.45. The third-order valence-electron chi connectivity index (χ3n) is 2.17. The molecule has 0 atom stereocenters. The lowest BCUT2D eigenvalue weighted by atomic mass is 10.2. The Morgan fingerprint density at radius 2 is 2.06 bits per heavy atom. The van der Waals surface area contributed by atoms with Gasteiger partial charge in [0.2, 0.25) is 0 Å². The molecule has 0 aliphatic rings. The summed E-state index contributed by atoms with van der Waals surface area (Å²) in [6.45, 7) is 1.83. The Bertz CT molecular complexity index is 488. The summed E-state index contributed by atoms with van der Waals surface area (Å²) in [6, 6.07) is 2.30. The fourth-order valence-electron chi connectivity index (χ4n) is 1.21. The molecule has 0 saturated carbocycles. The maximum atomic E-state index is 13.3. The van der Waals surface area contributed by atoms with Crippen molar-refractivity contribution in [3.63, 3.8) is 0 Å². The lowest BCUT2D eigenvalue weighted by Gasteiger charge is -2.07. The minimum Gasteiger partial charge on any atom is -0.319 e. The normalized spacial score (nSPS) is 11.8. The number of hydrogen-bond acceptors (Lipinski definition) is 3. The van der Waals surface area contributed by atoms with Crippen molar-refractivity contribution in [3.8, 4) is 0 Å². The number of halogens is 2. The van der Waals surface area contributed by atoms with E-state index in [1.807, 2.05) is 0 Å². The van der Waals surface area contributed by atoms with Gasteiger partial charge >= 0.3 is 0 Å². The highest BCUT2D eigenvalue weighted by atomic mass is 35.5. The summed E-state index contributed by atoms with van der Waals surface area (Å²) in [6.07, 6.45) is 0. The summed E-state index contributed by atoms with van der Waals surface area (Å²) in [5.41, 5.74) is 0.331. The van der Waals surface area contributed by atoms with Crippen LogP contribution < -0.4 is 5.32 Å². The molecule has 0 unspecified atom stereocenters. The van der Waals surface area contributed by atoms with E-state index in [2.05, 4.69) is 5.32 Å². The lowest BCUT2D eigenvalue weighted by Crippen LogP contribution is -2.19. The van der Waals surface area contributed by atoms with Crippen LogP contribution in [0, 0.1) is 12.7 Å². The molecule has 6 heteroatoms. The molecule has 0 aliphatic carbocycles. The van der Waals surface area contributed by atoms with E-state index in [1.165, 1.54) is 13.0 Å². The van der Waals surface area contributed by atoms with Gasteiger partial charge in [-0.2, -0.15) is 0 Å². The van der Waals surface area contributed by atoms with E-state index >= 15 is 0 Å². The minimum absolute atomic E-state index is 0.0648. The number of benzene rings is 1. The highest BCUT2D eigenvalue weighted by molar-refractivity contribution is 7.91. The standard InChI is InChI=1S/C10H13ClFNO2S/c1-7-5-8(11)10(6-9(7)12)16(14,15)4-3-13-2/h5-6,13H,3-4H2,1-2H3. The van der Waals surface area contributed by atoms with Crippen LogP contribution in [-0.2, 0) is 9.84 Å². The van der Waals surface area contributed by atoms with Gasteiger partial charge in [-0.05, 0) is 31.7 Å². The molecule has 1 aromatic rings. The quantitative estimate of drug-likeness (QED) is 0.903. The van der Waals surface area contributed by atoms with E-state index in [0.717, 1.165) is 6.07 Å². The van der Waals surface area contributed by atoms with E-state index in [1.54, 1.807) is 7.05 Å². The molecular weight excluding hydrogens is 253 g/mol. The van der Waals surface area contributed by atoms with Gasteiger partial charge in [-0.3, -0.25) is 0 Å². The van der Waals surface area contributed by atoms with Crippen LogP contribution in [0.1, 0.15) is 5.56 Å². The van der Waals surface area contributed by atoms with Gasteiger partial charge in [0.25, 0.3) is 0 Å². The van der Waals surface area contributed by atoms with Gasteiger partial charge < -0.3 is 5.32 Å². The number of aryl methyl sites for hydroxylation is 1. The summed E-state index contributed by atoms with van der Waals surface area (Å²) in [5, 5.41) is 2.79. The van der Waals surface area contributed by atoms with Gasteiger partial charge in [0.05, 0.1) is 15.7 Å². The Morgan fingerprint density at radius 1 is 1.44 bits per heavy atom. The Kier molecular flexibility index (Phi) is 4.29. The van der Waals surface area contributed by atoms with Crippen molar-refractivity contribution in [1.82, 2.24) is 5.32 Å². The van der Waals surface area contributed by atoms with Crippen LogP contribution in [0.5, 0.6) is 0 Å². The molecule has 1 aromatic carbocycles. The molecule has 0 radical (unpaired) electrons. The van der Waals surface area contributed by atoms with Crippen molar-refractivity contribution in [2.75, 3.05) is 19.3 Å². The van der Waals surface area contributed by atoms with Crippen LogP contribution in [0.15, 0.2) is 17.0 Å². The number of nitrogens with one attached hydrogen (secondary N) is 1. The van der Waals surface area contributed by atoms with E-state index in [-0.39, 0.29) is 15.7 Å². The molecule has 0 saturated heterocycles. The van der Waals surface area contributed by atoms with Gasteiger partial charge in [-0.25, -0.2) is 12.8 Å². The predicted octanol–water partition coefficient (Wildman–Crippen LogP) is 1.78. The van der Waals surface area contributed by atoms with Crippen molar-refractivity contribution in [3.05, 3.63) is 28.5 Å². The van der Waals surface area contributed by atoms with Crippen LogP contribution in [0.3, 0.4) is 0 Å². The van der Waals surface area contributed by atoms with Crippen molar-refractivity contribution < 1.29 is 12.8 Å². The summed E-state index contributed by atoms with van der Waals surface area (Å²) in [7, 11) is -1.88. The molecule has 0 aromatic heterocycles. The zero-order valence-electron chi connectivity index (χ0n) is 9.05. The maximum absolute atomic E-state index is 13.3. The van der Waals surface area contributed by atoms with Crippen molar-refractivity contribution in [2.45, 2.75) is 11.8 Å². The summed E-state index contributed by atoms with van der Waals surface area (Å²) in [4.78, 5) is -0.146. The van der Waals surface area contributed by atoms with E-state index in [4.69, 9.17) is 11.6 Å². The highest BCUT2D eigenvalue weighted by Gasteiger charge is 2.19. The van der Waals surface area contributed by atoms with E-state index in [0.29, 0.717) is 12.1 Å². The Labute approximate surface area is 99.5 Å². The molecule has 90 valence electrons. The molecule has 0 bridgehead atoms.